The van der Waals surface area contributed by atoms with Gasteiger partial charge >= 0.3 is 0 Å². The Kier molecular flexibility index (Phi) is 11.4. The molecule has 0 aliphatic heterocycles. The van der Waals surface area contributed by atoms with Gasteiger partial charge in [0.2, 0.25) is 11.8 Å². The quantitative estimate of drug-likeness (QED) is 0.156. The van der Waals surface area contributed by atoms with Crippen molar-refractivity contribution >= 4 is 22.3 Å². The number of nitrogens with one attached hydrogen (secondary N) is 1. The molecule has 0 aliphatic rings. The zero-order valence-corrected chi connectivity index (χ0v) is 27.3. The Balaban J connectivity index is 2.20. The van der Waals surface area contributed by atoms with Crippen molar-refractivity contribution in [3.63, 3.8) is 0 Å². The first kappa shape index (κ1) is 33.7. The van der Waals surface area contributed by atoms with Crippen molar-refractivity contribution in [1.29, 1.82) is 0 Å². The Labute approximate surface area is 257 Å². The van der Waals surface area contributed by atoms with Crippen molar-refractivity contribution in [2.45, 2.75) is 78.0 Å². The molecule has 3 aromatic rings. The first-order chi connectivity index (χ1) is 20.3. The van der Waals surface area contributed by atoms with E-state index in [1.54, 1.807) is 12.1 Å². The number of hydrogen-bond acceptors (Lipinski definition) is 7. The zero-order valence-electron chi connectivity index (χ0n) is 26.5. The van der Waals surface area contributed by atoms with Gasteiger partial charge in [-0.15, -0.1) is 0 Å². The van der Waals surface area contributed by atoms with Crippen LogP contribution >= 0.6 is 0 Å². The third-order valence-corrected chi connectivity index (χ3v) is 8.77. The van der Waals surface area contributed by atoms with Gasteiger partial charge in [-0.2, -0.15) is 4.98 Å². The van der Waals surface area contributed by atoms with Gasteiger partial charge in [0.15, 0.2) is 0 Å². The molecule has 0 unspecified atom stereocenters. The molecule has 2 atom stereocenters. The Morgan fingerprint density at radius 2 is 1.70 bits per heavy atom. The van der Waals surface area contributed by atoms with E-state index in [-0.39, 0.29) is 34.4 Å². The summed E-state index contributed by atoms with van der Waals surface area (Å²) in [4.78, 5) is 22.7. The highest BCUT2D eigenvalue weighted by Gasteiger charge is 2.31. The number of benzene rings is 2. The van der Waals surface area contributed by atoms with Gasteiger partial charge in [0.05, 0.1) is 16.6 Å². The summed E-state index contributed by atoms with van der Waals surface area (Å²) in [7, 11) is -2.03. The van der Waals surface area contributed by atoms with Crippen molar-refractivity contribution in [1.82, 2.24) is 14.9 Å². The van der Waals surface area contributed by atoms with Crippen LogP contribution in [0.2, 0.25) is 0 Å². The van der Waals surface area contributed by atoms with Crippen LogP contribution in [0.15, 0.2) is 77.7 Å². The van der Waals surface area contributed by atoms with Crippen LogP contribution in [-0.2, 0) is 10.0 Å². The van der Waals surface area contributed by atoms with Gasteiger partial charge in [-0.25, -0.2) is 18.1 Å². The molecule has 8 nitrogen and oxygen atoms in total. The Hall–Kier alpha value is -3.82. The van der Waals surface area contributed by atoms with Gasteiger partial charge in [-0.05, 0) is 82.8 Å². The predicted molar refractivity (Wildman–Crippen MR) is 174 cm³/mol. The van der Waals surface area contributed by atoms with Crippen LogP contribution in [0, 0.1) is 19.8 Å². The summed E-state index contributed by atoms with van der Waals surface area (Å²) >= 11 is 0. The van der Waals surface area contributed by atoms with Crippen LogP contribution in [0.4, 0.5) is 5.95 Å². The molecule has 230 valence electrons. The molecule has 9 heteroatoms. The number of allylic oxidation sites excluding steroid dienone is 2. The van der Waals surface area contributed by atoms with E-state index in [2.05, 4.69) is 60.9 Å². The maximum Gasteiger partial charge on any atom is 0.264 e. The van der Waals surface area contributed by atoms with Crippen LogP contribution in [0.1, 0.15) is 62.5 Å². The molecule has 1 heterocycles. The largest absolute Gasteiger partial charge is 0.468 e. The van der Waals surface area contributed by atoms with Crippen LogP contribution < -0.4 is 9.46 Å². The summed E-state index contributed by atoms with van der Waals surface area (Å²) in [6, 6.07) is 13.7. The minimum Gasteiger partial charge on any atom is -0.468 e. The second kappa shape index (κ2) is 14.6. The van der Waals surface area contributed by atoms with Crippen molar-refractivity contribution in [2.24, 2.45) is 5.92 Å². The highest BCUT2D eigenvalue weighted by molar-refractivity contribution is 7.92. The molecule has 43 heavy (non-hydrogen) atoms. The highest BCUT2D eigenvalue weighted by atomic mass is 32.2. The van der Waals surface area contributed by atoms with E-state index in [1.807, 2.05) is 45.0 Å². The van der Waals surface area contributed by atoms with Crippen LogP contribution in [0.25, 0.3) is 11.3 Å². The van der Waals surface area contributed by atoms with Crippen LogP contribution in [-0.4, -0.2) is 54.8 Å². The number of carbonyl (C=O) groups excluding carboxylic acids is 1. The fraction of sp³-hybridized carbons (Fsp3) is 0.382. The van der Waals surface area contributed by atoms with Crippen LogP contribution in [0.3, 0.4) is 0 Å². The minimum atomic E-state index is -4.11. The number of aryl methyl sites for hydroxylation is 2. The lowest BCUT2D eigenvalue weighted by atomic mass is 9.92. The first-order valence-corrected chi connectivity index (χ1v) is 16.0. The number of likely N-dealkylation sites (N-methyl/N-ethyl adjacent to an activating group) is 1. The molecule has 0 spiro atoms. The summed E-state index contributed by atoms with van der Waals surface area (Å²) in [6.45, 7) is 18.5. The average Bonchev–Trinajstić information content (AvgIpc) is 2.94. The van der Waals surface area contributed by atoms with Crippen molar-refractivity contribution in [3.05, 3.63) is 89.5 Å². The molecule has 2 aromatic carbocycles. The Morgan fingerprint density at radius 3 is 2.28 bits per heavy atom. The topological polar surface area (TPSA) is 101 Å². The van der Waals surface area contributed by atoms with Gasteiger partial charge in [0.1, 0.15) is 12.4 Å². The third-order valence-electron chi connectivity index (χ3n) is 7.45. The van der Waals surface area contributed by atoms with Gasteiger partial charge < -0.3 is 4.74 Å². The molecule has 0 fully saturated rings. The normalized spacial score (nSPS) is 13.7. The SMILES string of the molecule is C=C/C=C(\C)[C@H](Oc1cc(-c2c(C)cccc2C)nc(NS(=O)(=O)c2cccc(C=O)c2)n1)[C@@H](CC(C)C)N(C)C(C)C. The van der Waals surface area contributed by atoms with Crippen LogP contribution in [0.5, 0.6) is 5.88 Å². The monoisotopic (exact) mass is 604 g/mol. The second-order valence-electron chi connectivity index (χ2n) is 11.6. The lowest BCUT2D eigenvalue weighted by Gasteiger charge is -2.38. The minimum absolute atomic E-state index is 0.000959. The number of nitrogens with zero attached hydrogens (tertiary/aromatic N) is 3. The van der Waals surface area contributed by atoms with Gasteiger partial charge in [-0.3, -0.25) is 9.69 Å². The maximum atomic E-state index is 13.4. The number of hydrogen-bond donors (Lipinski definition) is 1. The van der Waals surface area contributed by atoms with E-state index >= 15 is 0 Å². The molecule has 0 radical (unpaired) electrons. The molecule has 1 N–H and O–H groups in total. The Morgan fingerprint density at radius 1 is 1.05 bits per heavy atom. The smallest absolute Gasteiger partial charge is 0.264 e. The molecule has 3 rings (SSSR count). The first-order valence-electron chi connectivity index (χ1n) is 14.5. The van der Waals surface area contributed by atoms with E-state index in [0.29, 0.717) is 17.9 Å². The molecular weight excluding hydrogens is 560 g/mol. The number of aldehydes is 1. The van der Waals surface area contributed by atoms with Crippen molar-refractivity contribution in [3.8, 4) is 17.1 Å². The van der Waals surface area contributed by atoms with Gasteiger partial charge in [0, 0.05) is 23.2 Å². The lowest BCUT2D eigenvalue weighted by Crippen LogP contribution is -2.48. The van der Waals surface area contributed by atoms with Crippen molar-refractivity contribution < 1.29 is 17.9 Å². The molecular formula is C34H44N4O4S. The fourth-order valence-corrected chi connectivity index (χ4v) is 6.07. The molecule has 0 aliphatic carbocycles. The average molecular weight is 605 g/mol. The number of sulfonamides is 1. The van der Waals surface area contributed by atoms with E-state index in [4.69, 9.17) is 4.74 Å². The number of aromatic nitrogens is 2. The summed E-state index contributed by atoms with van der Waals surface area (Å²) < 4.78 is 36.0. The molecule has 0 saturated heterocycles. The lowest BCUT2D eigenvalue weighted by molar-refractivity contribution is 0.0692. The number of anilines is 1. The molecule has 0 bridgehead atoms. The summed E-state index contributed by atoms with van der Waals surface area (Å²) in [6.07, 6.45) is 4.74. The molecule has 1 aromatic heterocycles. The van der Waals surface area contributed by atoms with Gasteiger partial charge in [-0.1, -0.05) is 62.9 Å². The molecule has 0 amide bonds. The second-order valence-corrected chi connectivity index (χ2v) is 13.3. The summed E-state index contributed by atoms with van der Waals surface area (Å²) in [5.41, 5.74) is 4.57. The highest BCUT2D eigenvalue weighted by Crippen LogP contribution is 2.31. The Bertz CT molecular complexity index is 1560. The van der Waals surface area contributed by atoms with Gasteiger partial charge in [0.25, 0.3) is 10.0 Å². The fourth-order valence-electron chi connectivity index (χ4n) is 5.07. The summed E-state index contributed by atoms with van der Waals surface area (Å²) in [5, 5.41) is 0. The summed E-state index contributed by atoms with van der Waals surface area (Å²) in [5.74, 6) is 0.502. The maximum absolute atomic E-state index is 13.4. The standard InChI is InChI=1S/C34H44N4O4S/c1-10-13-26(8)33(30(18-22(2)3)38(9)23(4)5)42-31-20-29(32-24(6)14-11-15-25(32)7)35-34(36-31)37-43(40,41)28-17-12-16-27(19-28)21-39/h10-17,19-23,30,33H,1,18H2,2-9H3,(H,35,36,37)/b26-13+/t30-,33+/m1/s1. The zero-order chi connectivity index (χ0) is 31.9. The van der Waals surface area contributed by atoms with E-state index in [1.165, 1.54) is 24.3 Å². The number of carbonyl (C=O) groups is 1. The van der Waals surface area contributed by atoms with E-state index in [0.717, 1.165) is 28.7 Å². The van der Waals surface area contributed by atoms with E-state index < -0.39 is 16.1 Å². The number of ether oxygens (including phenoxy) is 1. The molecule has 0 saturated carbocycles. The van der Waals surface area contributed by atoms with Crippen molar-refractivity contribution in [2.75, 3.05) is 11.8 Å². The predicted octanol–water partition coefficient (Wildman–Crippen LogP) is 7.01. The number of rotatable bonds is 14. The van der Waals surface area contributed by atoms with E-state index in [9.17, 15) is 13.2 Å². The third kappa shape index (κ3) is 8.61.